The molecule has 2 N–H and O–H groups in total. The molecule has 0 aromatic heterocycles. The Hall–Kier alpha value is -2.05. The van der Waals surface area contributed by atoms with Gasteiger partial charge >= 0.3 is 7.12 Å². The van der Waals surface area contributed by atoms with Gasteiger partial charge in [0.15, 0.2) is 11.6 Å². The van der Waals surface area contributed by atoms with Gasteiger partial charge in [-0.2, -0.15) is 0 Å². The molecule has 0 saturated carbocycles. The van der Waals surface area contributed by atoms with Crippen molar-refractivity contribution < 1.29 is 23.9 Å². The largest absolute Gasteiger partial charge is 0.496 e. The first-order valence-corrected chi connectivity index (χ1v) is 6.02. The van der Waals surface area contributed by atoms with Gasteiger partial charge in [0.1, 0.15) is 12.4 Å². The van der Waals surface area contributed by atoms with Gasteiger partial charge in [0.2, 0.25) is 0 Å². The Labute approximate surface area is 116 Å². The third-order valence-corrected chi connectivity index (χ3v) is 2.83. The minimum Gasteiger partial charge on any atom is -0.496 e. The molecular formula is C14H14BFO4. The topological polar surface area (TPSA) is 58.9 Å². The molecule has 2 aromatic rings. The van der Waals surface area contributed by atoms with Crippen molar-refractivity contribution >= 4 is 12.6 Å². The second kappa shape index (κ2) is 6.41. The Morgan fingerprint density at radius 1 is 1.10 bits per heavy atom. The quantitative estimate of drug-likeness (QED) is 0.803. The van der Waals surface area contributed by atoms with Gasteiger partial charge < -0.3 is 19.5 Å². The van der Waals surface area contributed by atoms with E-state index in [1.807, 2.05) is 18.2 Å². The zero-order valence-electron chi connectivity index (χ0n) is 10.9. The van der Waals surface area contributed by atoms with Gasteiger partial charge in [-0.1, -0.05) is 24.3 Å². The Kier molecular flexibility index (Phi) is 4.60. The summed E-state index contributed by atoms with van der Waals surface area (Å²) in [4.78, 5) is 0. The number of methoxy groups -OCH3 is 1. The Morgan fingerprint density at radius 2 is 1.85 bits per heavy atom. The summed E-state index contributed by atoms with van der Waals surface area (Å²) < 4.78 is 24.1. The summed E-state index contributed by atoms with van der Waals surface area (Å²) in [6.07, 6.45) is 0. The van der Waals surface area contributed by atoms with Crippen LogP contribution in [0.5, 0.6) is 11.5 Å². The van der Waals surface area contributed by atoms with Gasteiger partial charge in [0, 0.05) is 5.56 Å². The summed E-state index contributed by atoms with van der Waals surface area (Å²) in [5.74, 6) is 0.0389. The van der Waals surface area contributed by atoms with Crippen molar-refractivity contribution in [2.45, 2.75) is 6.61 Å². The smallest absolute Gasteiger partial charge is 0.488 e. The third-order valence-electron chi connectivity index (χ3n) is 2.83. The van der Waals surface area contributed by atoms with Crippen LogP contribution in [0.1, 0.15) is 5.56 Å². The normalized spacial score (nSPS) is 10.2. The predicted octanol–water partition coefficient (Wildman–Crippen LogP) is 1.09. The van der Waals surface area contributed by atoms with Crippen LogP contribution in [0.25, 0.3) is 0 Å². The molecule has 0 aliphatic heterocycles. The summed E-state index contributed by atoms with van der Waals surface area (Å²) >= 11 is 0. The summed E-state index contributed by atoms with van der Waals surface area (Å²) in [6, 6.07) is 10.9. The Bertz CT molecular complexity index is 589. The maximum atomic E-state index is 13.6. The average molecular weight is 276 g/mol. The first kappa shape index (κ1) is 14.4. The predicted molar refractivity (Wildman–Crippen MR) is 73.6 cm³/mol. The lowest BCUT2D eigenvalue weighted by Gasteiger charge is -2.11. The van der Waals surface area contributed by atoms with Crippen molar-refractivity contribution in [1.82, 2.24) is 0 Å². The minimum absolute atomic E-state index is 0.0403. The van der Waals surface area contributed by atoms with E-state index in [1.165, 1.54) is 12.1 Å². The maximum Gasteiger partial charge on any atom is 0.488 e. The molecule has 2 aromatic carbocycles. The van der Waals surface area contributed by atoms with E-state index < -0.39 is 12.9 Å². The minimum atomic E-state index is -1.66. The second-order valence-electron chi connectivity index (χ2n) is 4.16. The van der Waals surface area contributed by atoms with Gasteiger partial charge in [-0.3, -0.25) is 0 Å². The lowest BCUT2D eigenvalue weighted by atomic mass is 9.80. The third kappa shape index (κ3) is 3.29. The van der Waals surface area contributed by atoms with Crippen LogP contribution in [-0.2, 0) is 6.61 Å². The van der Waals surface area contributed by atoms with E-state index in [9.17, 15) is 4.39 Å². The van der Waals surface area contributed by atoms with Crippen LogP contribution in [0.2, 0.25) is 0 Å². The van der Waals surface area contributed by atoms with Crippen molar-refractivity contribution in [2.24, 2.45) is 0 Å². The molecule has 6 heteroatoms. The Morgan fingerprint density at radius 3 is 2.55 bits per heavy atom. The molecule has 0 aliphatic carbocycles. The fourth-order valence-electron chi connectivity index (χ4n) is 1.77. The molecule has 4 nitrogen and oxygen atoms in total. The van der Waals surface area contributed by atoms with Crippen LogP contribution in [0.3, 0.4) is 0 Å². The highest BCUT2D eigenvalue weighted by Crippen LogP contribution is 2.21. The number of ether oxygens (including phenoxy) is 2. The van der Waals surface area contributed by atoms with E-state index in [0.717, 1.165) is 11.6 Å². The van der Waals surface area contributed by atoms with E-state index in [-0.39, 0.29) is 17.8 Å². The molecule has 0 fully saturated rings. The molecule has 0 heterocycles. The van der Waals surface area contributed by atoms with Crippen LogP contribution in [0.4, 0.5) is 4.39 Å². The highest BCUT2D eigenvalue weighted by Gasteiger charge is 2.14. The summed E-state index contributed by atoms with van der Waals surface area (Å²) in [6.45, 7) is 0.117. The van der Waals surface area contributed by atoms with Gasteiger partial charge in [-0.05, 0) is 23.7 Å². The van der Waals surface area contributed by atoms with E-state index in [0.29, 0.717) is 5.75 Å². The van der Waals surface area contributed by atoms with Gasteiger partial charge in [0.25, 0.3) is 0 Å². The van der Waals surface area contributed by atoms with Gasteiger partial charge in [0.05, 0.1) is 7.11 Å². The monoisotopic (exact) mass is 276 g/mol. The van der Waals surface area contributed by atoms with Crippen molar-refractivity contribution in [1.29, 1.82) is 0 Å². The van der Waals surface area contributed by atoms with E-state index in [1.54, 1.807) is 13.2 Å². The molecule has 2 rings (SSSR count). The number of para-hydroxylation sites is 1. The van der Waals surface area contributed by atoms with Crippen LogP contribution in [-0.4, -0.2) is 24.3 Å². The molecular weight excluding hydrogens is 262 g/mol. The molecule has 0 saturated heterocycles. The fourth-order valence-corrected chi connectivity index (χ4v) is 1.77. The second-order valence-corrected chi connectivity index (χ2v) is 4.16. The first-order chi connectivity index (χ1) is 9.61. The van der Waals surface area contributed by atoms with Gasteiger partial charge in [-0.25, -0.2) is 4.39 Å². The van der Waals surface area contributed by atoms with Crippen LogP contribution < -0.4 is 14.9 Å². The molecule has 0 aliphatic rings. The molecule has 104 valence electrons. The van der Waals surface area contributed by atoms with Crippen LogP contribution in [0, 0.1) is 5.82 Å². The van der Waals surface area contributed by atoms with E-state index in [2.05, 4.69) is 0 Å². The fraction of sp³-hybridized carbons (Fsp3) is 0.143. The highest BCUT2D eigenvalue weighted by atomic mass is 19.1. The summed E-state index contributed by atoms with van der Waals surface area (Å²) in [5.41, 5.74) is 0.936. The Balaban J connectivity index is 2.16. The first-order valence-electron chi connectivity index (χ1n) is 6.02. The standard InChI is InChI=1S/C14H14BFO4/c1-19-13-5-3-2-4-10(13)9-20-14-8-11(15(17)18)6-7-12(14)16/h2-8,17-18H,9H2,1H3. The highest BCUT2D eigenvalue weighted by molar-refractivity contribution is 6.58. The molecule has 0 amide bonds. The molecule has 0 radical (unpaired) electrons. The van der Waals surface area contributed by atoms with Crippen molar-refractivity contribution in [2.75, 3.05) is 7.11 Å². The van der Waals surface area contributed by atoms with Crippen LogP contribution in [0.15, 0.2) is 42.5 Å². The van der Waals surface area contributed by atoms with Gasteiger partial charge in [-0.15, -0.1) is 0 Å². The van der Waals surface area contributed by atoms with Crippen molar-refractivity contribution in [3.63, 3.8) is 0 Å². The number of benzene rings is 2. The summed E-state index contributed by atoms with van der Waals surface area (Å²) in [5, 5.41) is 18.1. The molecule has 0 unspecified atom stereocenters. The molecule has 0 bridgehead atoms. The number of rotatable bonds is 5. The van der Waals surface area contributed by atoms with Crippen molar-refractivity contribution in [3.05, 3.63) is 53.8 Å². The number of halogens is 1. The molecule has 20 heavy (non-hydrogen) atoms. The summed E-state index contributed by atoms with van der Waals surface area (Å²) in [7, 11) is -0.119. The van der Waals surface area contributed by atoms with Crippen LogP contribution >= 0.6 is 0 Å². The SMILES string of the molecule is COc1ccccc1COc1cc(B(O)O)ccc1F. The molecule has 0 spiro atoms. The maximum absolute atomic E-state index is 13.6. The zero-order valence-corrected chi connectivity index (χ0v) is 10.9. The number of hydrogen-bond donors (Lipinski definition) is 2. The number of hydrogen-bond acceptors (Lipinski definition) is 4. The van der Waals surface area contributed by atoms with E-state index >= 15 is 0 Å². The zero-order chi connectivity index (χ0) is 14.5. The van der Waals surface area contributed by atoms with E-state index in [4.69, 9.17) is 19.5 Å². The average Bonchev–Trinajstić information content (AvgIpc) is 2.46. The lowest BCUT2D eigenvalue weighted by molar-refractivity contribution is 0.282. The van der Waals surface area contributed by atoms with Crippen molar-refractivity contribution in [3.8, 4) is 11.5 Å². The molecule has 0 atom stereocenters. The lowest BCUT2D eigenvalue weighted by Crippen LogP contribution is -2.29.